The first-order valence-electron chi connectivity index (χ1n) is 7.29. The number of benzene rings is 1. The number of anilines is 1. The Morgan fingerprint density at radius 3 is 3.00 bits per heavy atom. The fourth-order valence-corrected chi connectivity index (χ4v) is 4.04. The Kier molecular flexibility index (Phi) is 4.30. The van der Waals surface area contributed by atoms with E-state index >= 15 is 0 Å². The van der Waals surface area contributed by atoms with E-state index in [0.29, 0.717) is 16.1 Å². The molecule has 1 aliphatic carbocycles. The molecule has 0 radical (unpaired) electrons. The van der Waals surface area contributed by atoms with Crippen molar-refractivity contribution < 1.29 is 13.9 Å². The van der Waals surface area contributed by atoms with Gasteiger partial charge in [0.25, 0.3) is 0 Å². The van der Waals surface area contributed by atoms with Crippen LogP contribution in [-0.2, 0) is 24.1 Å². The van der Waals surface area contributed by atoms with E-state index in [1.807, 2.05) is 0 Å². The van der Waals surface area contributed by atoms with E-state index in [1.165, 1.54) is 35.5 Å². The van der Waals surface area contributed by atoms with Gasteiger partial charge in [0.15, 0.2) is 11.6 Å². The maximum absolute atomic E-state index is 13.7. The number of amides is 1. The van der Waals surface area contributed by atoms with Gasteiger partial charge in [-0.05, 0) is 42.5 Å². The van der Waals surface area contributed by atoms with Crippen LogP contribution in [0.2, 0.25) is 0 Å². The topological polar surface area (TPSA) is 62.1 Å². The molecule has 1 aliphatic rings. The predicted octanol–water partition coefficient (Wildman–Crippen LogP) is 3.44. The highest BCUT2D eigenvalue weighted by atomic mass is 32.1. The summed E-state index contributed by atoms with van der Waals surface area (Å²) in [5.41, 5.74) is 2.21. The first-order chi connectivity index (χ1) is 11.1. The van der Waals surface area contributed by atoms with Gasteiger partial charge in [0.05, 0.1) is 19.1 Å². The van der Waals surface area contributed by atoms with Crippen molar-refractivity contribution in [1.29, 1.82) is 5.26 Å². The van der Waals surface area contributed by atoms with Gasteiger partial charge in [-0.1, -0.05) is 6.07 Å². The highest BCUT2D eigenvalue weighted by molar-refractivity contribution is 7.16. The minimum atomic E-state index is -0.495. The van der Waals surface area contributed by atoms with Crippen LogP contribution in [0.5, 0.6) is 5.75 Å². The molecule has 1 aromatic heterocycles. The molecule has 1 N–H and O–H groups in total. The van der Waals surface area contributed by atoms with Crippen LogP contribution in [-0.4, -0.2) is 13.0 Å². The number of methoxy groups -OCH3 is 1. The minimum absolute atomic E-state index is 0.0499. The zero-order valence-corrected chi connectivity index (χ0v) is 13.4. The standard InChI is InChI=1S/C17H15FN2O2S/c1-22-14-6-5-10(7-13(14)18)8-16(21)20-17-12(9-19)11-3-2-4-15(11)23-17/h5-7H,2-4,8H2,1H3,(H,20,21). The fourth-order valence-electron chi connectivity index (χ4n) is 2.79. The Balaban J connectivity index is 1.73. The second-order valence-corrected chi connectivity index (χ2v) is 6.47. The number of thiophene rings is 1. The lowest BCUT2D eigenvalue weighted by Crippen LogP contribution is -2.14. The van der Waals surface area contributed by atoms with E-state index in [0.717, 1.165) is 24.8 Å². The number of nitrogens with zero attached hydrogens (tertiary/aromatic N) is 1. The van der Waals surface area contributed by atoms with E-state index in [4.69, 9.17) is 4.74 Å². The molecule has 1 aromatic carbocycles. The second kappa shape index (κ2) is 6.39. The number of hydrogen-bond donors (Lipinski definition) is 1. The molecular weight excluding hydrogens is 315 g/mol. The van der Waals surface area contributed by atoms with Crippen LogP contribution in [0.15, 0.2) is 18.2 Å². The smallest absolute Gasteiger partial charge is 0.229 e. The van der Waals surface area contributed by atoms with Crippen molar-refractivity contribution in [1.82, 2.24) is 0 Å². The summed E-state index contributed by atoms with van der Waals surface area (Å²) in [5, 5.41) is 12.7. The third-order valence-corrected chi connectivity index (χ3v) is 5.07. The summed E-state index contributed by atoms with van der Waals surface area (Å²) < 4.78 is 18.5. The molecule has 0 aliphatic heterocycles. The maximum Gasteiger partial charge on any atom is 0.229 e. The summed E-state index contributed by atoms with van der Waals surface area (Å²) in [6.45, 7) is 0. The third kappa shape index (κ3) is 3.06. The summed E-state index contributed by atoms with van der Waals surface area (Å²) in [5.74, 6) is -0.604. The molecule has 118 valence electrons. The summed E-state index contributed by atoms with van der Waals surface area (Å²) in [6.07, 6.45) is 2.98. The van der Waals surface area contributed by atoms with Crippen molar-refractivity contribution in [2.75, 3.05) is 12.4 Å². The summed E-state index contributed by atoms with van der Waals surface area (Å²) in [4.78, 5) is 13.4. The van der Waals surface area contributed by atoms with Gasteiger partial charge in [0.2, 0.25) is 5.91 Å². The Hall–Kier alpha value is -2.39. The molecule has 0 fully saturated rings. The number of carbonyl (C=O) groups excluding carboxylic acids is 1. The number of nitrogens with one attached hydrogen (secondary N) is 1. The molecular formula is C17H15FN2O2S. The van der Waals surface area contributed by atoms with Crippen molar-refractivity contribution >= 4 is 22.2 Å². The molecule has 0 atom stereocenters. The Morgan fingerprint density at radius 2 is 2.30 bits per heavy atom. The number of fused-ring (bicyclic) bond motifs is 1. The Bertz CT molecular complexity index is 808. The minimum Gasteiger partial charge on any atom is -0.494 e. The summed E-state index contributed by atoms with van der Waals surface area (Å²) >= 11 is 1.47. The molecule has 1 amide bonds. The number of hydrogen-bond acceptors (Lipinski definition) is 4. The second-order valence-electron chi connectivity index (χ2n) is 5.37. The van der Waals surface area contributed by atoms with E-state index in [9.17, 15) is 14.4 Å². The molecule has 0 saturated carbocycles. The van der Waals surface area contributed by atoms with Crippen molar-refractivity contribution in [2.24, 2.45) is 0 Å². The monoisotopic (exact) mass is 330 g/mol. The summed E-state index contributed by atoms with van der Waals surface area (Å²) in [7, 11) is 1.39. The van der Waals surface area contributed by atoms with Crippen molar-refractivity contribution in [2.45, 2.75) is 25.7 Å². The number of nitriles is 1. The van der Waals surface area contributed by atoms with Crippen LogP contribution >= 0.6 is 11.3 Å². The van der Waals surface area contributed by atoms with Gasteiger partial charge in [-0.3, -0.25) is 4.79 Å². The maximum atomic E-state index is 13.7. The van der Waals surface area contributed by atoms with Crippen LogP contribution in [0.4, 0.5) is 9.39 Å². The Morgan fingerprint density at radius 1 is 1.48 bits per heavy atom. The number of rotatable bonds is 4. The van der Waals surface area contributed by atoms with Crippen LogP contribution < -0.4 is 10.1 Å². The number of aryl methyl sites for hydroxylation is 1. The molecule has 0 saturated heterocycles. The zero-order valence-electron chi connectivity index (χ0n) is 12.6. The van der Waals surface area contributed by atoms with E-state index in [2.05, 4.69) is 11.4 Å². The van der Waals surface area contributed by atoms with Gasteiger partial charge in [-0.25, -0.2) is 4.39 Å². The van der Waals surface area contributed by atoms with Gasteiger partial charge >= 0.3 is 0 Å². The number of halogens is 1. The first kappa shape index (κ1) is 15.5. The van der Waals surface area contributed by atoms with E-state index in [1.54, 1.807) is 6.07 Å². The van der Waals surface area contributed by atoms with Gasteiger partial charge in [-0.2, -0.15) is 5.26 Å². The largest absolute Gasteiger partial charge is 0.494 e. The quantitative estimate of drug-likeness (QED) is 0.934. The van der Waals surface area contributed by atoms with E-state index < -0.39 is 5.82 Å². The molecule has 0 bridgehead atoms. The molecule has 2 aromatic rings. The van der Waals surface area contributed by atoms with Gasteiger partial charge < -0.3 is 10.1 Å². The van der Waals surface area contributed by atoms with E-state index in [-0.39, 0.29) is 18.1 Å². The fraction of sp³-hybridized carbons (Fsp3) is 0.294. The van der Waals surface area contributed by atoms with Crippen LogP contribution in [0.25, 0.3) is 0 Å². The summed E-state index contributed by atoms with van der Waals surface area (Å²) in [6, 6.07) is 6.63. The SMILES string of the molecule is COc1ccc(CC(=O)Nc2sc3c(c2C#N)CCC3)cc1F. The highest BCUT2D eigenvalue weighted by Gasteiger charge is 2.23. The van der Waals surface area contributed by atoms with Gasteiger partial charge in [0, 0.05) is 4.88 Å². The molecule has 3 rings (SSSR count). The third-order valence-electron chi connectivity index (χ3n) is 3.87. The van der Waals surface area contributed by atoms with Crippen molar-refractivity contribution in [3.8, 4) is 11.8 Å². The zero-order chi connectivity index (χ0) is 16.4. The first-order valence-corrected chi connectivity index (χ1v) is 8.11. The average molecular weight is 330 g/mol. The normalized spacial score (nSPS) is 12.6. The molecule has 4 nitrogen and oxygen atoms in total. The lowest BCUT2D eigenvalue weighted by atomic mass is 10.1. The van der Waals surface area contributed by atoms with Crippen molar-refractivity contribution in [3.63, 3.8) is 0 Å². The lowest BCUT2D eigenvalue weighted by Gasteiger charge is -2.06. The lowest BCUT2D eigenvalue weighted by molar-refractivity contribution is -0.115. The molecule has 23 heavy (non-hydrogen) atoms. The molecule has 6 heteroatoms. The van der Waals surface area contributed by atoms with Crippen LogP contribution in [0.1, 0.15) is 28.0 Å². The van der Waals surface area contributed by atoms with Gasteiger partial charge in [-0.15, -0.1) is 11.3 Å². The molecule has 0 spiro atoms. The van der Waals surface area contributed by atoms with Crippen LogP contribution in [0, 0.1) is 17.1 Å². The average Bonchev–Trinajstić information content (AvgIpc) is 3.07. The predicted molar refractivity (Wildman–Crippen MR) is 86.3 cm³/mol. The molecule has 0 unspecified atom stereocenters. The Labute approximate surface area is 137 Å². The number of carbonyl (C=O) groups is 1. The van der Waals surface area contributed by atoms with Crippen molar-refractivity contribution in [3.05, 3.63) is 45.6 Å². The number of ether oxygens (including phenoxy) is 1. The molecule has 1 heterocycles. The highest BCUT2D eigenvalue weighted by Crippen LogP contribution is 2.38. The van der Waals surface area contributed by atoms with Crippen LogP contribution in [0.3, 0.4) is 0 Å². The van der Waals surface area contributed by atoms with Gasteiger partial charge in [0.1, 0.15) is 11.1 Å².